The van der Waals surface area contributed by atoms with E-state index in [1.807, 2.05) is 0 Å². The Morgan fingerprint density at radius 2 is 2.00 bits per heavy atom. The Hall–Kier alpha value is -1.20. The van der Waals surface area contributed by atoms with Crippen molar-refractivity contribution < 1.29 is 14.7 Å². The molecule has 0 amide bonds. The molecule has 5 nitrogen and oxygen atoms in total. The standard InChI is InChI=1S/C22H34N2O3/c1-14-12-22(26)13-15(24-27-11-10-23)6-9-21(22,3)17-7-8-20(2)16(19(14)17)4-5-18(20)25/h16-17,19,26H,1,4-13,23H2,2-3H3/b24-15-/t16-,17-,19-,20-,21+,22+/m0/s1. The van der Waals surface area contributed by atoms with Gasteiger partial charge in [0.2, 0.25) is 0 Å². The highest BCUT2D eigenvalue weighted by Crippen LogP contribution is 2.67. The Morgan fingerprint density at radius 3 is 2.74 bits per heavy atom. The zero-order chi connectivity index (χ0) is 19.4. The first-order valence-corrected chi connectivity index (χ1v) is 10.6. The fourth-order valence-electron chi connectivity index (χ4n) is 7.02. The van der Waals surface area contributed by atoms with E-state index in [2.05, 4.69) is 25.6 Å². The summed E-state index contributed by atoms with van der Waals surface area (Å²) in [5.74, 6) is 1.62. The summed E-state index contributed by atoms with van der Waals surface area (Å²) in [4.78, 5) is 17.9. The van der Waals surface area contributed by atoms with Crippen LogP contribution in [0, 0.1) is 28.6 Å². The first-order chi connectivity index (χ1) is 12.7. The molecule has 0 bridgehead atoms. The van der Waals surface area contributed by atoms with E-state index in [4.69, 9.17) is 10.6 Å². The molecule has 0 saturated heterocycles. The number of Topliss-reactive ketones (excluding diaryl/α,β-unsaturated/α-hetero) is 1. The van der Waals surface area contributed by atoms with E-state index in [0.29, 0.717) is 56.0 Å². The number of fused-ring (bicyclic) bond motifs is 5. The Morgan fingerprint density at radius 1 is 1.22 bits per heavy atom. The number of rotatable bonds is 3. The predicted octanol–water partition coefficient (Wildman–Crippen LogP) is 3.21. The number of carbonyl (C=O) groups excluding carboxylic acids is 1. The highest BCUT2D eigenvalue weighted by molar-refractivity contribution is 5.87. The number of hydrogen-bond donors (Lipinski definition) is 2. The average molecular weight is 375 g/mol. The molecule has 0 radical (unpaired) electrons. The lowest BCUT2D eigenvalue weighted by Crippen LogP contribution is -2.63. The van der Waals surface area contributed by atoms with Crippen LogP contribution in [0.25, 0.3) is 0 Å². The SMILES string of the molecule is C=C1C[C@@]2(O)C/C(=N\OCCN)CC[C@]2(C)[C@H]2CC[C@]3(C)C(=O)CC[C@H]3[C@H]12. The van der Waals surface area contributed by atoms with Gasteiger partial charge in [-0.2, -0.15) is 0 Å². The molecule has 0 aromatic rings. The fourth-order valence-corrected chi connectivity index (χ4v) is 7.02. The summed E-state index contributed by atoms with van der Waals surface area (Å²) in [5, 5.41) is 16.0. The molecule has 4 fully saturated rings. The van der Waals surface area contributed by atoms with Crippen molar-refractivity contribution in [3.8, 4) is 0 Å². The summed E-state index contributed by atoms with van der Waals surface area (Å²) in [7, 11) is 0. The number of hydrogen-bond acceptors (Lipinski definition) is 5. The molecule has 0 aromatic heterocycles. The average Bonchev–Trinajstić information content (AvgIpc) is 2.92. The second-order valence-electron chi connectivity index (χ2n) is 9.90. The van der Waals surface area contributed by atoms with Gasteiger partial charge in [0.1, 0.15) is 12.4 Å². The number of aliphatic hydroxyl groups is 1. The first kappa shape index (κ1) is 19.1. The van der Waals surface area contributed by atoms with E-state index in [1.165, 1.54) is 0 Å². The molecule has 6 atom stereocenters. The summed E-state index contributed by atoms with van der Waals surface area (Å²) in [6, 6.07) is 0. The van der Waals surface area contributed by atoms with Crippen molar-refractivity contribution in [1.29, 1.82) is 0 Å². The molecule has 0 spiro atoms. The van der Waals surface area contributed by atoms with Crippen LogP contribution >= 0.6 is 0 Å². The summed E-state index contributed by atoms with van der Waals surface area (Å²) in [6.45, 7) is 9.73. The third-order valence-electron chi connectivity index (χ3n) is 8.68. The Bertz CT molecular complexity index is 689. The van der Waals surface area contributed by atoms with Crippen molar-refractivity contribution in [1.82, 2.24) is 0 Å². The van der Waals surface area contributed by atoms with Crippen molar-refractivity contribution in [2.75, 3.05) is 13.2 Å². The second kappa shape index (κ2) is 6.41. The van der Waals surface area contributed by atoms with Crippen molar-refractivity contribution in [3.63, 3.8) is 0 Å². The third kappa shape index (κ3) is 2.65. The first-order valence-electron chi connectivity index (χ1n) is 10.6. The van der Waals surface area contributed by atoms with E-state index < -0.39 is 5.60 Å². The third-order valence-corrected chi connectivity index (χ3v) is 8.68. The van der Waals surface area contributed by atoms with Crippen LogP contribution in [0.2, 0.25) is 0 Å². The summed E-state index contributed by atoms with van der Waals surface area (Å²) >= 11 is 0. The maximum Gasteiger partial charge on any atom is 0.139 e. The molecule has 4 aliphatic carbocycles. The molecule has 4 aliphatic rings. The fraction of sp³-hybridized carbons (Fsp3) is 0.818. The normalized spacial score (nSPS) is 48.1. The monoisotopic (exact) mass is 374 g/mol. The number of oxime groups is 1. The van der Waals surface area contributed by atoms with E-state index in [9.17, 15) is 9.90 Å². The molecule has 4 rings (SSSR count). The number of carbonyl (C=O) groups is 1. The van der Waals surface area contributed by atoms with Crippen molar-refractivity contribution in [2.24, 2.45) is 39.5 Å². The molecule has 0 heterocycles. The van der Waals surface area contributed by atoms with Gasteiger partial charge in [0.25, 0.3) is 0 Å². The van der Waals surface area contributed by atoms with Gasteiger partial charge in [-0.1, -0.05) is 31.2 Å². The van der Waals surface area contributed by atoms with Crippen LogP contribution in [0.3, 0.4) is 0 Å². The van der Waals surface area contributed by atoms with Crippen molar-refractivity contribution in [2.45, 2.75) is 70.8 Å². The number of ketones is 1. The molecule has 0 aliphatic heterocycles. The predicted molar refractivity (Wildman–Crippen MR) is 105 cm³/mol. The van der Waals surface area contributed by atoms with Gasteiger partial charge >= 0.3 is 0 Å². The van der Waals surface area contributed by atoms with Gasteiger partial charge in [0, 0.05) is 30.2 Å². The summed E-state index contributed by atoms with van der Waals surface area (Å²) in [6.07, 6.45) is 6.62. The minimum Gasteiger partial charge on any atom is -0.395 e. The lowest BCUT2D eigenvalue weighted by molar-refractivity contribution is -0.170. The van der Waals surface area contributed by atoms with Gasteiger partial charge in [-0.3, -0.25) is 4.79 Å². The smallest absolute Gasteiger partial charge is 0.139 e. The van der Waals surface area contributed by atoms with E-state index in [0.717, 1.165) is 43.4 Å². The van der Waals surface area contributed by atoms with E-state index >= 15 is 0 Å². The minimum atomic E-state index is -0.815. The van der Waals surface area contributed by atoms with Crippen LogP contribution in [-0.2, 0) is 9.63 Å². The van der Waals surface area contributed by atoms with Gasteiger partial charge < -0.3 is 15.7 Å². The van der Waals surface area contributed by atoms with E-state index in [1.54, 1.807) is 0 Å². The topological polar surface area (TPSA) is 84.9 Å². The maximum absolute atomic E-state index is 12.6. The lowest BCUT2D eigenvalue weighted by atomic mass is 9.43. The molecule has 0 unspecified atom stereocenters. The molecule has 4 saturated carbocycles. The van der Waals surface area contributed by atoms with Gasteiger partial charge in [-0.05, 0) is 56.3 Å². The van der Waals surface area contributed by atoms with Crippen LogP contribution < -0.4 is 5.73 Å². The van der Waals surface area contributed by atoms with Crippen LogP contribution in [0.5, 0.6) is 0 Å². The number of nitrogens with two attached hydrogens (primary N) is 1. The highest BCUT2D eigenvalue weighted by Gasteiger charge is 2.65. The van der Waals surface area contributed by atoms with Gasteiger partial charge in [0.15, 0.2) is 0 Å². The zero-order valence-electron chi connectivity index (χ0n) is 16.8. The van der Waals surface area contributed by atoms with Crippen LogP contribution in [-0.4, -0.2) is 35.4 Å². The van der Waals surface area contributed by atoms with Gasteiger partial charge in [-0.25, -0.2) is 0 Å². The van der Waals surface area contributed by atoms with Gasteiger partial charge in [0.05, 0.1) is 11.3 Å². The van der Waals surface area contributed by atoms with Crippen LogP contribution in [0.1, 0.15) is 65.2 Å². The quantitative estimate of drug-likeness (QED) is 0.451. The highest BCUT2D eigenvalue weighted by atomic mass is 16.6. The van der Waals surface area contributed by atoms with E-state index in [-0.39, 0.29) is 10.8 Å². The van der Waals surface area contributed by atoms with Crippen LogP contribution in [0.4, 0.5) is 0 Å². The van der Waals surface area contributed by atoms with Crippen molar-refractivity contribution in [3.05, 3.63) is 12.2 Å². The number of nitrogens with zero attached hydrogens (tertiary/aromatic N) is 1. The molecule has 150 valence electrons. The largest absolute Gasteiger partial charge is 0.395 e. The molecule has 27 heavy (non-hydrogen) atoms. The molecular formula is C22H34N2O3. The Labute approximate surface area is 162 Å². The van der Waals surface area contributed by atoms with Crippen LogP contribution in [0.15, 0.2) is 17.3 Å². The molecule has 0 aromatic carbocycles. The lowest BCUT2D eigenvalue weighted by Gasteiger charge is -2.63. The second-order valence-corrected chi connectivity index (χ2v) is 9.90. The summed E-state index contributed by atoms with van der Waals surface area (Å²) in [5.41, 5.74) is 6.41. The summed E-state index contributed by atoms with van der Waals surface area (Å²) < 4.78 is 0. The zero-order valence-corrected chi connectivity index (χ0v) is 16.8. The molecular weight excluding hydrogens is 340 g/mol. The minimum absolute atomic E-state index is 0.154. The molecule has 3 N–H and O–H groups in total. The molecule has 5 heteroatoms. The Balaban J connectivity index is 1.63. The van der Waals surface area contributed by atoms with Crippen molar-refractivity contribution >= 4 is 11.5 Å². The Kier molecular flexibility index (Phi) is 4.54. The van der Waals surface area contributed by atoms with Gasteiger partial charge in [-0.15, -0.1) is 0 Å². The maximum atomic E-state index is 12.6.